The van der Waals surface area contributed by atoms with Crippen molar-refractivity contribution in [1.29, 1.82) is 0 Å². The van der Waals surface area contributed by atoms with Crippen LogP contribution in [0.3, 0.4) is 0 Å². The third-order valence-corrected chi connectivity index (χ3v) is 4.32. The van der Waals surface area contributed by atoms with E-state index in [1.54, 1.807) is 0 Å². The van der Waals surface area contributed by atoms with Gasteiger partial charge in [0.1, 0.15) is 0 Å². The molecule has 2 nitrogen and oxygen atoms in total. The molecule has 0 aromatic rings. The fraction of sp³-hybridized carbons (Fsp3) is 1.00. The van der Waals surface area contributed by atoms with Crippen LogP contribution in [0.15, 0.2) is 0 Å². The van der Waals surface area contributed by atoms with Gasteiger partial charge >= 0.3 is 0 Å². The van der Waals surface area contributed by atoms with Crippen LogP contribution < -0.4 is 5.32 Å². The number of hydrogen-bond donors (Lipinski definition) is 1. The first-order valence-electron chi connectivity index (χ1n) is 6.50. The second kappa shape index (κ2) is 4.42. The lowest BCUT2D eigenvalue weighted by Gasteiger charge is -2.42. The van der Waals surface area contributed by atoms with Gasteiger partial charge in [-0.3, -0.25) is 0 Å². The molecule has 1 atom stereocenters. The topological polar surface area (TPSA) is 15.3 Å². The molecule has 0 saturated carbocycles. The van der Waals surface area contributed by atoms with E-state index < -0.39 is 0 Å². The van der Waals surface area contributed by atoms with Crippen molar-refractivity contribution in [3.8, 4) is 0 Å². The number of rotatable bonds is 1. The van der Waals surface area contributed by atoms with Gasteiger partial charge in [-0.15, -0.1) is 0 Å². The highest BCUT2D eigenvalue weighted by molar-refractivity contribution is 4.89. The standard InChI is InChI=1S/C13H26N2/c1-13(2)10-12(4-7-14-13)11-5-8-15(3)9-6-11/h11-12,14H,4-10H2,1-3H3. The highest BCUT2D eigenvalue weighted by Crippen LogP contribution is 2.34. The molecule has 0 radical (unpaired) electrons. The van der Waals surface area contributed by atoms with E-state index >= 15 is 0 Å². The molecule has 2 aliphatic heterocycles. The first kappa shape index (κ1) is 11.4. The van der Waals surface area contributed by atoms with Crippen LogP contribution in [0.4, 0.5) is 0 Å². The molecule has 2 rings (SSSR count). The van der Waals surface area contributed by atoms with Crippen LogP contribution in [0.5, 0.6) is 0 Å². The number of piperidine rings is 2. The highest BCUT2D eigenvalue weighted by atomic mass is 15.1. The number of hydrogen-bond acceptors (Lipinski definition) is 2. The molecule has 2 saturated heterocycles. The molecule has 0 aromatic heterocycles. The zero-order valence-corrected chi connectivity index (χ0v) is 10.6. The van der Waals surface area contributed by atoms with Crippen LogP contribution in [-0.2, 0) is 0 Å². The average Bonchev–Trinajstić information content (AvgIpc) is 2.17. The monoisotopic (exact) mass is 210 g/mol. The minimum atomic E-state index is 0.381. The van der Waals surface area contributed by atoms with E-state index in [4.69, 9.17) is 0 Å². The molecule has 88 valence electrons. The molecule has 0 spiro atoms. The van der Waals surface area contributed by atoms with E-state index in [0.29, 0.717) is 5.54 Å². The maximum absolute atomic E-state index is 3.63. The van der Waals surface area contributed by atoms with Gasteiger partial charge in [-0.2, -0.15) is 0 Å². The van der Waals surface area contributed by atoms with E-state index in [0.717, 1.165) is 11.8 Å². The molecule has 2 fully saturated rings. The van der Waals surface area contributed by atoms with Crippen LogP contribution in [-0.4, -0.2) is 37.1 Å². The molecule has 1 unspecified atom stereocenters. The van der Waals surface area contributed by atoms with Crippen molar-refractivity contribution < 1.29 is 0 Å². The summed E-state index contributed by atoms with van der Waals surface area (Å²) in [5.74, 6) is 1.98. The van der Waals surface area contributed by atoms with Gasteiger partial charge in [0.2, 0.25) is 0 Å². The Hall–Kier alpha value is -0.0800. The predicted octanol–water partition coefficient (Wildman–Crippen LogP) is 2.11. The molecule has 0 bridgehead atoms. The number of nitrogens with one attached hydrogen (secondary N) is 1. The predicted molar refractivity (Wildman–Crippen MR) is 65.0 cm³/mol. The summed E-state index contributed by atoms with van der Waals surface area (Å²) in [4.78, 5) is 2.47. The van der Waals surface area contributed by atoms with Crippen molar-refractivity contribution in [2.75, 3.05) is 26.7 Å². The van der Waals surface area contributed by atoms with Gasteiger partial charge < -0.3 is 10.2 Å². The van der Waals surface area contributed by atoms with E-state index in [1.165, 1.54) is 45.3 Å². The Labute approximate surface area is 94.4 Å². The van der Waals surface area contributed by atoms with Crippen molar-refractivity contribution in [2.45, 2.75) is 45.1 Å². The molecule has 0 aliphatic carbocycles. The fourth-order valence-corrected chi connectivity index (χ4v) is 3.33. The molecule has 0 amide bonds. The van der Waals surface area contributed by atoms with Crippen molar-refractivity contribution >= 4 is 0 Å². The smallest absolute Gasteiger partial charge is 0.0127 e. The van der Waals surface area contributed by atoms with Gasteiger partial charge in [0, 0.05) is 5.54 Å². The summed E-state index contributed by atoms with van der Waals surface area (Å²) in [7, 11) is 2.25. The van der Waals surface area contributed by atoms with Crippen molar-refractivity contribution in [1.82, 2.24) is 10.2 Å². The van der Waals surface area contributed by atoms with Crippen LogP contribution in [0.25, 0.3) is 0 Å². The molecule has 2 aliphatic rings. The van der Waals surface area contributed by atoms with Crippen LogP contribution >= 0.6 is 0 Å². The lowest BCUT2D eigenvalue weighted by molar-refractivity contribution is 0.115. The first-order chi connectivity index (χ1) is 7.07. The van der Waals surface area contributed by atoms with E-state index in [-0.39, 0.29) is 0 Å². The third kappa shape index (κ3) is 2.94. The maximum atomic E-state index is 3.63. The maximum Gasteiger partial charge on any atom is 0.0127 e. The zero-order valence-electron chi connectivity index (χ0n) is 10.6. The van der Waals surface area contributed by atoms with Crippen molar-refractivity contribution in [2.24, 2.45) is 11.8 Å². The first-order valence-corrected chi connectivity index (χ1v) is 6.50. The summed E-state index contributed by atoms with van der Waals surface area (Å²) < 4.78 is 0. The molecular formula is C13H26N2. The summed E-state index contributed by atoms with van der Waals surface area (Å²) in [6.07, 6.45) is 5.63. The van der Waals surface area contributed by atoms with Gasteiger partial charge in [-0.1, -0.05) is 0 Å². The lowest BCUT2D eigenvalue weighted by Crippen LogP contribution is -2.48. The zero-order chi connectivity index (χ0) is 10.9. The molecule has 2 heterocycles. The quantitative estimate of drug-likeness (QED) is 0.713. The Kier molecular flexibility index (Phi) is 3.36. The van der Waals surface area contributed by atoms with Gasteiger partial charge in [0.25, 0.3) is 0 Å². The summed E-state index contributed by atoms with van der Waals surface area (Å²) >= 11 is 0. The minimum absolute atomic E-state index is 0.381. The largest absolute Gasteiger partial charge is 0.312 e. The van der Waals surface area contributed by atoms with Gasteiger partial charge in [0.15, 0.2) is 0 Å². The Morgan fingerprint density at radius 2 is 1.73 bits per heavy atom. The van der Waals surface area contributed by atoms with Gasteiger partial charge in [0.05, 0.1) is 0 Å². The number of likely N-dealkylation sites (tertiary alicyclic amines) is 1. The second-order valence-electron chi connectivity index (χ2n) is 6.20. The summed E-state index contributed by atoms with van der Waals surface area (Å²) in [6.45, 7) is 8.57. The van der Waals surface area contributed by atoms with Gasteiger partial charge in [-0.25, -0.2) is 0 Å². The van der Waals surface area contributed by atoms with Crippen LogP contribution in [0.2, 0.25) is 0 Å². The van der Waals surface area contributed by atoms with Gasteiger partial charge in [-0.05, 0) is 78.0 Å². The number of nitrogens with zero attached hydrogens (tertiary/aromatic N) is 1. The average molecular weight is 210 g/mol. The Morgan fingerprint density at radius 3 is 2.33 bits per heavy atom. The summed E-state index contributed by atoms with van der Waals surface area (Å²) in [5.41, 5.74) is 0.381. The summed E-state index contributed by atoms with van der Waals surface area (Å²) in [5, 5.41) is 3.63. The lowest BCUT2D eigenvalue weighted by atomic mass is 9.74. The van der Waals surface area contributed by atoms with Crippen molar-refractivity contribution in [3.05, 3.63) is 0 Å². The van der Waals surface area contributed by atoms with E-state index in [1.807, 2.05) is 0 Å². The molecule has 2 heteroatoms. The Bertz CT molecular complexity index is 205. The van der Waals surface area contributed by atoms with Crippen LogP contribution in [0.1, 0.15) is 39.5 Å². The third-order valence-electron chi connectivity index (χ3n) is 4.32. The highest BCUT2D eigenvalue weighted by Gasteiger charge is 2.33. The van der Waals surface area contributed by atoms with Crippen molar-refractivity contribution in [3.63, 3.8) is 0 Å². The molecule has 15 heavy (non-hydrogen) atoms. The van der Waals surface area contributed by atoms with Crippen LogP contribution in [0, 0.1) is 11.8 Å². The second-order valence-corrected chi connectivity index (χ2v) is 6.20. The minimum Gasteiger partial charge on any atom is -0.312 e. The Morgan fingerprint density at radius 1 is 1.07 bits per heavy atom. The molecule has 0 aromatic carbocycles. The fourth-order valence-electron chi connectivity index (χ4n) is 3.33. The van der Waals surface area contributed by atoms with E-state index in [2.05, 4.69) is 31.1 Å². The molecule has 1 N–H and O–H groups in total. The molecular weight excluding hydrogens is 184 g/mol. The Balaban J connectivity index is 1.88. The van der Waals surface area contributed by atoms with E-state index in [9.17, 15) is 0 Å². The normalized spacial score (nSPS) is 34.2. The SMILES string of the molecule is CN1CCC(C2CCNC(C)(C)C2)CC1. The summed E-state index contributed by atoms with van der Waals surface area (Å²) in [6, 6.07) is 0.